The first-order valence-electron chi connectivity index (χ1n) is 9.01. The minimum Gasteiger partial charge on any atom is -0.768 e. The van der Waals surface area contributed by atoms with Gasteiger partial charge in [0, 0.05) is 5.69 Å². The van der Waals surface area contributed by atoms with E-state index in [-0.39, 0.29) is 10.1 Å². The van der Waals surface area contributed by atoms with Crippen molar-refractivity contribution in [2.24, 2.45) is 4.99 Å². The fraction of sp³-hybridized carbons (Fsp3) is 0.100. The highest BCUT2D eigenvalue weighted by Gasteiger charge is 2.17. The molecule has 0 saturated carbocycles. The minimum atomic E-state index is -2.39. The molecule has 0 spiro atoms. The maximum absolute atomic E-state index is 11.6. The molecule has 0 saturated heterocycles. The number of aromatic amines is 1. The van der Waals surface area contributed by atoms with E-state index >= 15 is 0 Å². The number of para-hydroxylation sites is 2. The number of nitrogens with one attached hydrogen (secondary N) is 2. The van der Waals surface area contributed by atoms with Crippen LogP contribution in [0.25, 0.3) is 11.2 Å². The quantitative estimate of drug-likeness (QED) is 0.154. The van der Waals surface area contributed by atoms with Crippen molar-refractivity contribution >= 4 is 51.2 Å². The highest BCUT2D eigenvalue weighted by Crippen LogP contribution is 2.29. The van der Waals surface area contributed by atoms with E-state index in [1.54, 1.807) is 24.5 Å². The van der Waals surface area contributed by atoms with Crippen LogP contribution in [0.5, 0.6) is 0 Å². The van der Waals surface area contributed by atoms with Gasteiger partial charge in [0.05, 0.1) is 22.2 Å². The lowest BCUT2D eigenvalue weighted by Crippen LogP contribution is -2.23. The summed E-state index contributed by atoms with van der Waals surface area (Å²) in [6.07, 6.45) is 3.04. The van der Waals surface area contributed by atoms with E-state index in [9.17, 15) is 8.76 Å². The Balaban J connectivity index is 1.71. The average molecular weight is 438 g/mol. The molecule has 10 heteroatoms. The van der Waals surface area contributed by atoms with Crippen molar-refractivity contribution < 1.29 is 8.76 Å². The van der Waals surface area contributed by atoms with Crippen molar-refractivity contribution in [2.75, 3.05) is 5.32 Å². The zero-order chi connectivity index (χ0) is 20.9. The van der Waals surface area contributed by atoms with Crippen molar-refractivity contribution in [1.82, 2.24) is 19.9 Å². The second kappa shape index (κ2) is 9.16. The van der Waals surface area contributed by atoms with Crippen molar-refractivity contribution in [3.8, 4) is 0 Å². The molecule has 0 fully saturated rings. The molecule has 0 aliphatic rings. The minimum absolute atomic E-state index is 0.139. The van der Waals surface area contributed by atoms with Crippen molar-refractivity contribution in [3.05, 3.63) is 67.3 Å². The van der Waals surface area contributed by atoms with Gasteiger partial charge in [-0.2, -0.15) is 0 Å². The Morgan fingerprint density at radius 1 is 1.13 bits per heavy atom. The molecule has 4 rings (SSSR count). The molecule has 0 aliphatic heterocycles. The Morgan fingerprint density at radius 3 is 2.70 bits per heavy atom. The summed E-state index contributed by atoms with van der Waals surface area (Å²) < 4.78 is 23.2. The summed E-state index contributed by atoms with van der Waals surface area (Å²) in [7, 11) is 0. The van der Waals surface area contributed by atoms with E-state index < -0.39 is 11.1 Å². The second-order valence-electron chi connectivity index (χ2n) is 6.23. The Kier molecular flexibility index (Phi) is 6.17. The number of benzene rings is 2. The number of hydrogen-bond donors (Lipinski definition) is 2. The largest absolute Gasteiger partial charge is 0.768 e. The van der Waals surface area contributed by atoms with E-state index in [1.807, 2.05) is 37.3 Å². The summed E-state index contributed by atoms with van der Waals surface area (Å²) in [6.45, 7) is 1.97. The second-order valence-corrected chi connectivity index (χ2v) is 8.47. The van der Waals surface area contributed by atoms with Gasteiger partial charge in [0.25, 0.3) is 0 Å². The third-order valence-electron chi connectivity index (χ3n) is 4.19. The maximum atomic E-state index is 11.6. The van der Waals surface area contributed by atoms with Crippen LogP contribution in [0.4, 0.5) is 11.4 Å². The van der Waals surface area contributed by atoms with E-state index in [0.29, 0.717) is 17.2 Å². The van der Waals surface area contributed by atoms with Gasteiger partial charge in [-0.05, 0) is 42.3 Å². The van der Waals surface area contributed by atoms with Crippen LogP contribution in [-0.4, -0.2) is 39.8 Å². The monoisotopic (exact) mass is 437 g/mol. The number of hydrogen-bond acceptors (Lipinski definition) is 7. The Morgan fingerprint density at radius 2 is 1.90 bits per heavy atom. The summed E-state index contributed by atoms with van der Waals surface area (Å²) >= 11 is -0.924. The highest BCUT2D eigenvalue weighted by atomic mass is 32.2. The van der Waals surface area contributed by atoms with Crippen molar-refractivity contribution in [2.45, 2.75) is 22.1 Å². The summed E-state index contributed by atoms with van der Waals surface area (Å²) in [5.41, 5.74) is 2.54. The first kappa shape index (κ1) is 20.2. The maximum Gasteiger partial charge on any atom is 0.181 e. The molecule has 152 valence electrons. The lowest BCUT2D eigenvalue weighted by atomic mass is 10.3. The Hall–Kier alpha value is -3.08. The molecule has 2 N–H and O–H groups in total. The van der Waals surface area contributed by atoms with Crippen LogP contribution < -0.4 is 5.32 Å². The number of aromatic nitrogens is 4. The number of thioether (sulfide) groups is 1. The van der Waals surface area contributed by atoms with Crippen LogP contribution in [0.3, 0.4) is 0 Å². The Bertz CT molecular complexity index is 1210. The SMILES string of the molecule is CC(Sc1ncnc2nc[nH]c12)C(=Nc1ccccc1S(=O)[O-])Nc1ccccc1. The predicted octanol–water partition coefficient (Wildman–Crippen LogP) is 3.91. The standard InChI is InChI=1S/C20H18N6O2S2/c1-13(29-20-17-19(22-11-21-17)23-12-24-20)18(25-14-7-3-2-4-8-14)26-15-9-5-6-10-16(15)30(27)28/h2-13H,1H3,(H,25,26)(H,27,28)(H,21,22,23,24)/p-1. The molecule has 2 atom stereocenters. The number of fused-ring (bicyclic) bond motifs is 1. The molecule has 8 nitrogen and oxygen atoms in total. The van der Waals surface area contributed by atoms with Gasteiger partial charge >= 0.3 is 0 Å². The fourth-order valence-corrected chi connectivity index (χ4v) is 4.17. The van der Waals surface area contributed by atoms with Crippen LogP contribution in [0.1, 0.15) is 6.92 Å². The van der Waals surface area contributed by atoms with E-state index in [1.165, 1.54) is 24.2 Å². The molecule has 2 unspecified atom stereocenters. The van der Waals surface area contributed by atoms with Gasteiger partial charge in [-0.15, -0.1) is 0 Å². The number of rotatable bonds is 6. The van der Waals surface area contributed by atoms with Crippen LogP contribution in [-0.2, 0) is 11.1 Å². The highest BCUT2D eigenvalue weighted by molar-refractivity contribution is 8.00. The smallest absolute Gasteiger partial charge is 0.181 e. The molecule has 0 aliphatic carbocycles. The van der Waals surface area contributed by atoms with Gasteiger partial charge in [0.1, 0.15) is 22.7 Å². The molecule has 0 bridgehead atoms. The first-order valence-corrected chi connectivity index (χ1v) is 11.0. The molecule has 2 aromatic carbocycles. The van der Waals surface area contributed by atoms with Gasteiger partial charge in [-0.3, -0.25) is 4.21 Å². The molecule has 4 aromatic rings. The molecular weight excluding hydrogens is 420 g/mol. The van der Waals surface area contributed by atoms with Crippen molar-refractivity contribution in [3.63, 3.8) is 0 Å². The predicted molar refractivity (Wildman–Crippen MR) is 118 cm³/mol. The molecule has 30 heavy (non-hydrogen) atoms. The fourth-order valence-electron chi connectivity index (χ4n) is 2.77. The number of aliphatic imine (C=N–C) groups is 1. The topological polar surface area (TPSA) is 119 Å². The third kappa shape index (κ3) is 4.56. The number of imidazole rings is 1. The van der Waals surface area contributed by atoms with E-state index in [2.05, 4.69) is 30.2 Å². The zero-order valence-corrected chi connectivity index (χ0v) is 17.5. The number of nitrogens with zero attached hydrogens (tertiary/aromatic N) is 4. The van der Waals surface area contributed by atoms with E-state index in [4.69, 9.17) is 0 Å². The summed E-state index contributed by atoms with van der Waals surface area (Å²) in [5.74, 6) is 0.593. The lowest BCUT2D eigenvalue weighted by molar-refractivity contribution is 0.537. The summed E-state index contributed by atoms with van der Waals surface area (Å²) in [6, 6.07) is 16.2. The lowest BCUT2D eigenvalue weighted by Gasteiger charge is -2.18. The first-order chi connectivity index (χ1) is 14.6. The van der Waals surface area contributed by atoms with Gasteiger partial charge in [0.15, 0.2) is 5.65 Å². The Labute approximate surface area is 179 Å². The van der Waals surface area contributed by atoms with Crippen LogP contribution >= 0.6 is 11.8 Å². The van der Waals surface area contributed by atoms with Crippen molar-refractivity contribution in [1.29, 1.82) is 0 Å². The molecule has 0 radical (unpaired) electrons. The number of amidine groups is 1. The van der Waals surface area contributed by atoms with Crippen LogP contribution in [0.15, 0.2) is 82.2 Å². The zero-order valence-electron chi connectivity index (χ0n) is 15.9. The van der Waals surface area contributed by atoms with E-state index in [0.717, 1.165) is 16.2 Å². The van der Waals surface area contributed by atoms with Crippen LogP contribution in [0, 0.1) is 0 Å². The summed E-state index contributed by atoms with van der Waals surface area (Å²) in [5, 5.41) is 3.86. The third-order valence-corrected chi connectivity index (χ3v) is 6.01. The summed E-state index contributed by atoms with van der Waals surface area (Å²) in [4.78, 5) is 20.5. The van der Waals surface area contributed by atoms with Gasteiger partial charge in [0.2, 0.25) is 0 Å². The van der Waals surface area contributed by atoms with Gasteiger partial charge in [-0.25, -0.2) is 19.9 Å². The molecule has 2 heterocycles. The number of anilines is 1. The average Bonchev–Trinajstić information content (AvgIpc) is 3.24. The molecular formula is C20H17N6O2S2-. The normalized spacial score (nSPS) is 13.9. The molecule has 2 aromatic heterocycles. The van der Waals surface area contributed by atoms with Gasteiger partial charge in [-0.1, -0.05) is 42.1 Å². The van der Waals surface area contributed by atoms with Crippen LogP contribution in [0.2, 0.25) is 0 Å². The van der Waals surface area contributed by atoms with Gasteiger partial charge < -0.3 is 14.9 Å². The number of H-pyrrole nitrogens is 1. The molecule has 0 amide bonds.